The van der Waals surface area contributed by atoms with Crippen molar-refractivity contribution in [2.75, 3.05) is 0 Å². The second-order valence-electron chi connectivity index (χ2n) is 7.05. The summed E-state index contributed by atoms with van der Waals surface area (Å²) in [7, 11) is 0. The van der Waals surface area contributed by atoms with Crippen molar-refractivity contribution in [2.24, 2.45) is 5.92 Å². The molecular formula is C23H23F5. The summed E-state index contributed by atoms with van der Waals surface area (Å²) in [5.41, 5.74) is 1.12. The third-order valence-electron chi connectivity index (χ3n) is 4.60. The van der Waals surface area contributed by atoms with Gasteiger partial charge in [0.1, 0.15) is 11.6 Å². The summed E-state index contributed by atoms with van der Waals surface area (Å²) in [6, 6.07) is 9.36. The van der Waals surface area contributed by atoms with Crippen molar-refractivity contribution in [3.63, 3.8) is 0 Å². The fourth-order valence-corrected chi connectivity index (χ4v) is 3.15. The molecule has 1 atom stereocenters. The monoisotopic (exact) mass is 394 g/mol. The highest BCUT2D eigenvalue weighted by molar-refractivity contribution is 5.65. The van der Waals surface area contributed by atoms with E-state index in [4.69, 9.17) is 0 Å². The molecule has 2 rings (SSSR count). The summed E-state index contributed by atoms with van der Waals surface area (Å²) in [5, 5.41) is 0. The van der Waals surface area contributed by atoms with Gasteiger partial charge in [-0.2, -0.15) is 13.2 Å². The molecule has 2 aromatic rings. The molecule has 150 valence electrons. The van der Waals surface area contributed by atoms with Gasteiger partial charge in [0.25, 0.3) is 0 Å². The average Bonchev–Trinajstić information content (AvgIpc) is 2.61. The largest absolute Gasteiger partial charge is 0.458 e. The Bertz CT molecular complexity index is 815. The van der Waals surface area contributed by atoms with Crippen molar-refractivity contribution in [1.29, 1.82) is 0 Å². The van der Waals surface area contributed by atoms with Gasteiger partial charge in [-0.15, -0.1) is 0 Å². The smallest absolute Gasteiger partial charge is 0.205 e. The van der Waals surface area contributed by atoms with E-state index in [2.05, 4.69) is 13.8 Å². The summed E-state index contributed by atoms with van der Waals surface area (Å²) in [6.45, 7) is 4.43. The first-order chi connectivity index (χ1) is 13.2. The third-order valence-corrected chi connectivity index (χ3v) is 4.60. The Kier molecular flexibility index (Phi) is 7.62. The molecule has 0 aliphatic rings. The van der Waals surface area contributed by atoms with Gasteiger partial charge in [-0.05, 0) is 47.6 Å². The van der Waals surface area contributed by atoms with Gasteiger partial charge in [0.15, 0.2) is 0 Å². The first kappa shape index (κ1) is 21.9. The van der Waals surface area contributed by atoms with Gasteiger partial charge in [-0.25, -0.2) is 8.78 Å². The molecule has 0 radical (unpaired) electrons. The zero-order valence-corrected chi connectivity index (χ0v) is 16.0. The van der Waals surface area contributed by atoms with Gasteiger partial charge in [0.05, 0.1) is 5.56 Å². The minimum atomic E-state index is -4.80. The van der Waals surface area contributed by atoms with Crippen LogP contribution in [0.3, 0.4) is 0 Å². The molecule has 0 saturated heterocycles. The van der Waals surface area contributed by atoms with E-state index in [9.17, 15) is 22.0 Å². The summed E-state index contributed by atoms with van der Waals surface area (Å²) in [5.74, 6) is 0.899. The standard InChI is InChI=1S/C23H23F5/c1-3-5-16(2)6-4-7-17-8-10-18(11-9-17)19-14-21(24)20(22(25)15-19)12-13-23(26,27)28/h8-11,14-16H,3-7H2,1-2H3. The van der Waals surface area contributed by atoms with Gasteiger partial charge < -0.3 is 0 Å². The minimum absolute atomic E-state index is 0.260. The van der Waals surface area contributed by atoms with Crippen LogP contribution in [0.2, 0.25) is 0 Å². The van der Waals surface area contributed by atoms with Crippen molar-refractivity contribution >= 4 is 0 Å². The molecule has 0 N–H and O–H groups in total. The molecule has 0 aliphatic heterocycles. The van der Waals surface area contributed by atoms with E-state index in [0.717, 1.165) is 42.9 Å². The molecule has 0 spiro atoms. The van der Waals surface area contributed by atoms with Crippen LogP contribution in [-0.4, -0.2) is 6.18 Å². The lowest BCUT2D eigenvalue weighted by atomic mass is 9.96. The highest BCUT2D eigenvalue weighted by Crippen LogP contribution is 2.25. The topological polar surface area (TPSA) is 0 Å². The first-order valence-electron chi connectivity index (χ1n) is 9.38. The Morgan fingerprint density at radius 2 is 1.54 bits per heavy atom. The van der Waals surface area contributed by atoms with Crippen molar-refractivity contribution in [3.05, 3.63) is 59.2 Å². The molecule has 0 nitrogen and oxygen atoms in total. The third kappa shape index (κ3) is 6.67. The van der Waals surface area contributed by atoms with E-state index < -0.39 is 23.4 Å². The van der Waals surface area contributed by atoms with E-state index in [1.54, 1.807) is 12.1 Å². The second-order valence-corrected chi connectivity index (χ2v) is 7.05. The maximum absolute atomic E-state index is 14.0. The van der Waals surface area contributed by atoms with E-state index in [0.29, 0.717) is 11.5 Å². The van der Waals surface area contributed by atoms with Gasteiger partial charge in [0, 0.05) is 5.92 Å². The normalized spacial score (nSPS) is 12.4. The molecule has 0 bridgehead atoms. The Labute approximate surface area is 162 Å². The van der Waals surface area contributed by atoms with Gasteiger partial charge >= 0.3 is 6.18 Å². The van der Waals surface area contributed by atoms with Crippen LogP contribution in [0.4, 0.5) is 22.0 Å². The maximum atomic E-state index is 14.0. The summed E-state index contributed by atoms with van der Waals surface area (Å²) >= 11 is 0. The minimum Gasteiger partial charge on any atom is -0.205 e. The predicted molar refractivity (Wildman–Crippen MR) is 102 cm³/mol. The first-order valence-corrected chi connectivity index (χ1v) is 9.38. The van der Waals surface area contributed by atoms with Crippen LogP contribution in [0.1, 0.15) is 50.7 Å². The number of halogens is 5. The molecule has 0 heterocycles. The maximum Gasteiger partial charge on any atom is 0.458 e. The summed E-state index contributed by atoms with van der Waals surface area (Å²) < 4.78 is 64.5. The Morgan fingerprint density at radius 1 is 0.929 bits per heavy atom. The molecule has 0 saturated carbocycles. The van der Waals surface area contributed by atoms with Crippen LogP contribution in [0.25, 0.3) is 11.1 Å². The van der Waals surface area contributed by atoms with Crippen LogP contribution < -0.4 is 0 Å². The Hall–Kier alpha value is -2.35. The second kappa shape index (κ2) is 9.73. The van der Waals surface area contributed by atoms with Crippen molar-refractivity contribution in [1.82, 2.24) is 0 Å². The Morgan fingerprint density at radius 3 is 2.07 bits per heavy atom. The number of hydrogen-bond acceptors (Lipinski definition) is 0. The number of aryl methyl sites for hydroxylation is 1. The highest BCUT2D eigenvalue weighted by atomic mass is 19.4. The highest BCUT2D eigenvalue weighted by Gasteiger charge is 2.23. The molecule has 0 aromatic heterocycles. The van der Waals surface area contributed by atoms with Crippen LogP contribution in [0, 0.1) is 29.4 Å². The lowest BCUT2D eigenvalue weighted by molar-refractivity contribution is -0.0696. The van der Waals surface area contributed by atoms with E-state index in [-0.39, 0.29) is 5.56 Å². The van der Waals surface area contributed by atoms with E-state index in [1.165, 1.54) is 18.8 Å². The predicted octanol–water partition coefficient (Wildman–Crippen LogP) is 7.30. The van der Waals surface area contributed by atoms with Crippen molar-refractivity contribution in [2.45, 2.75) is 52.1 Å². The molecular weight excluding hydrogens is 371 g/mol. The van der Waals surface area contributed by atoms with Crippen LogP contribution in [0.5, 0.6) is 0 Å². The van der Waals surface area contributed by atoms with Gasteiger partial charge in [-0.3, -0.25) is 0 Å². The summed E-state index contributed by atoms with van der Waals surface area (Å²) in [6.07, 6.45) is 0.774. The van der Waals surface area contributed by atoms with Crippen molar-refractivity contribution in [3.8, 4) is 23.0 Å². The number of benzene rings is 2. The zero-order chi connectivity index (χ0) is 20.7. The quantitative estimate of drug-likeness (QED) is 0.341. The van der Waals surface area contributed by atoms with Crippen LogP contribution >= 0.6 is 0 Å². The average molecular weight is 394 g/mol. The van der Waals surface area contributed by atoms with Crippen LogP contribution in [0.15, 0.2) is 36.4 Å². The molecule has 0 aliphatic carbocycles. The van der Waals surface area contributed by atoms with Gasteiger partial charge in [-0.1, -0.05) is 63.3 Å². The molecule has 2 aromatic carbocycles. The molecule has 1 unspecified atom stereocenters. The molecule has 5 heteroatoms. The molecule has 0 fully saturated rings. The molecule has 0 amide bonds. The molecule has 28 heavy (non-hydrogen) atoms. The van der Waals surface area contributed by atoms with E-state index in [1.807, 2.05) is 12.1 Å². The zero-order valence-electron chi connectivity index (χ0n) is 16.0. The lowest BCUT2D eigenvalue weighted by Gasteiger charge is -2.10. The number of rotatable bonds is 7. The van der Waals surface area contributed by atoms with Gasteiger partial charge in [0.2, 0.25) is 0 Å². The van der Waals surface area contributed by atoms with Crippen molar-refractivity contribution < 1.29 is 22.0 Å². The Balaban J connectivity index is 2.10. The van der Waals surface area contributed by atoms with E-state index >= 15 is 0 Å². The number of hydrogen-bond donors (Lipinski definition) is 0. The SMILES string of the molecule is CCCC(C)CCCc1ccc(-c2cc(F)c(C#CC(F)(F)F)c(F)c2)cc1. The lowest BCUT2D eigenvalue weighted by Crippen LogP contribution is -2.02. The summed E-state index contributed by atoms with van der Waals surface area (Å²) in [4.78, 5) is 0. The fourth-order valence-electron chi connectivity index (χ4n) is 3.15. The number of alkyl halides is 3. The fraction of sp³-hybridized carbons (Fsp3) is 0.391. The van der Waals surface area contributed by atoms with Crippen LogP contribution in [-0.2, 0) is 6.42 Å².